The van der Waals surface area contributed by atoms with Gasteiger partial charge in [0, 0.05) is 11.1 Å². The Morgan fingerprint density at radius 2 is 2.07 bits per heavy atom. The summed E-state index contributed by atoms with van der Waals surface area (Å²) in [6.45, 7) is 0. The van der Waals surface area contributed by atoms with Crippen LogP contribution in [0.1, 0.15) is 5.56 Å². The summed E-state index contributed by atoms with van der Waals surface area (Å²) in [6.07, 6.45) is 4.63. The molecule has 0 radical (unpaired) electrons. The second-order valence-corrected chi connectivity index (χ2v) is 3.13. The van der Waals surface area contributed by atoms with Gasteiger partial charge in [0.2, 0.25) is 5.89 Å². The molecule has 15 heavy (non-hydrogen) atoms. The lowest BCUT2D eigenvalue weighted by molar-refractivity contribution is -0.416. The quantitative estimate of drug-likeness (QED) is 0.323. The summed E-state index contributed by atoms with van der Waals surface area (Å²) in [7, 11) is 1.45. The van der Waals surface area contributed by atoms with Crippen molar-refractivity contribution < 1.29 is 9.16 Å². The predicted molar refractivity (Wildman–Crippen MR) is 56.7 cm³/mol. The molecule has 76 valence electrons. The van der Waals surface area contributed by atoms with Crippen molar-refractivity contribution in [3.63, 3.8) is 0 Å². The Bertz CT molecular complexity index is 454. The Labute approximate surface area is 87.1 Å². The van der Waals surface area contributed by atoms with Crippen molar-refractivity contribution in [2.24, 2.45) is 0 Å². The van der Waals surface area contributed by atoms with Gasteiger partial charge in [-0.2, -0.15) is 0 Å². The number of rotatable bonds is 2. The fourth-order valence-electron chi connectivity index (χ4n) is 1.29. The molecule has 0 aliphatic carbocycles. The molecule has 0 saturated heterocycles. The molecular weight excluding hydrogens is 192 g/mol. The highest BCUT2D eigenvalue weighted by molar-refractivity contribution is 5.76. The van der Waals surface area contributed by atoms with Crippen LogP contribution in [0.4, 0.5) is 0 Å². The van der Waals surface area contributed by atoms with Crippen molar-refractivity contribution in [3.05, 3.63) is 47.5 Å². The van der Waals surface area contributed by atoms with Crippen LogP contribution in [-0.4, -0.2) is 23.0 Å². The molecule has 0 N–H and O–H groups in total. The first-order valence-electron chi connectivity index (χ1n) is 4.50. The highest BCUT2D eigenvalue weighted by atomic mass is 16.5. The number of oxazole rings is 1. The third kappa shape index (κ3) is 2.22. The highest BCUT2D eigenvalue weighted by Gasteiger charge is 2.01. The van der Waals surface area contributed by atoms with Gasteiger partial charge in [-0.3, -0.25) is 0 Å². The molecule has 2 rings (SSSR count). The molecule has 2 aromatic rings. The number of hydrogen-bond donors (Lipinski definition) is 0. The van der Waals surface area contributed by atoms with E-state index in [1.165, 1.54) is 19.5 Å². The zero-order valence-corrected chi connectivity index (χ0v) is 8.25. The standard InChI is InChI=1S/C11H10N2O2/c1-13(14)8-9-2-4-10(5-3-9)11-12-6-7-15-11/h2-8H,1H3/b13-8-. The minimum absolute atomic E-state index is 0.581. The van der Waals surface area contributed by atoms with Gasteiger partial charge in [0.1, 0.15) is 13.3 Å². The summed E-state index contributed by atoms with van der Waals surface area (Å²) < 4.78 is 5.91. The largest absolute Gasteiger partial charge is 0.624 e. The summed E-state index contributed by atoms with van der Waals surface area (Å²) in [5.41, 5.74) is 1.74. The first-order chi connectivity index (χ1) is 7.25. The molecule has 4 heteroatoms. The van der Waals surface area contributed by atoms with E-state index in [0.29, 0.717) is 5.89 Å². The summed E-state index contributed by atoms with van der Waals surface area (Å²) in [6, 6.07) is 7.41. The molecule has 0 unspecified atom stereocenters. The first kappa shape index (κ1) is 9.45. The first-order valence-corrected chi connectivity index (χ1v) is 4.50. The van der Waals surface area contributed by atoms with Crippen molar-refractivity contribution in [2.45, 2.75) is 0 Å². The Morgan fingerprint density at radius 3 is 2.60 bits per heavy atom. The second-order valence-electron chi connectivity index (χ2n) is 3.13. The number of benzene rings is 1. The Balaban J connectivity index is 2.29. The fraction of sp³-hybridized carbons (Fsp3) is 0.0909. The van der Waals surface area contributed by atoms with Gasteiger partial charge in [0.05, 0.1) is 6.20 Å². The average molecular weight is 202 g/mol. The third-order valence-corrected chi connectivity index (χ3v) is 1.92. The van der Waals surface area contributed by atoms with Crippen LogP contribution in [0.5, 0.6) is 0 Å². The van der Waals surface area contributed by atoms with Crippen molar-refractivity contribution in [3.8, 4) is 11.5 Å². The fourth-order valence-corrected chi connectivity index (χ4v) is 1.29. The molecule has 0 spiro atoms. The van der Waals surface area contributed by atoms with Crippen LogP contribution in [0.2, 0.25) is 0 Å². The summed E-state index contributed by atoms with van der Waals surface area (Å²) in [4.78, 5) is 4.03. The molecule has 0 fully saturated rings. The second kappa shape index (κ2) is 3.96. The lowest BCUT2D eigenvalue weighted by atomic mass is 10.1. The van der Waals surface area contributed by atoms with E-state index in [0.717, 1.165) is 15.9 Å². The van der Waals surface area contributed by atoms with Gasteiger partial charge in [-0.05, 0) is 24.3 Å². The normalized spacial score (nSPS) is 11.7. The van der Waals surface area contributed by atoms with Crippen LogP contribution in [0.25, 0.3) is 11.5 Å². The van der Waals surface area contributed by atoms with Crippen molar-refractivity contribution in [1.82, 2.24) is 4.98 Å². The lowest BCUT2D eigenvalue weighted by Gasteiger charge is -1.97. The van der Waals surface area contributed by atoms with E-state index in [2.05, 4.69) is 4.98 Å². The average Bonchev–Trinajstić information content (AvgIpc) is 2.71. The minimum Gasteiger partial charge on any atom is -0.624 e. The summed E-state index contributed by atoms with van der Waals surface area (Å²) in [5, 5.41) is 10.8. The molecule has 4 nitrogen and oxygen atoms in total. The molecule has 0 atom stereocenters. The molecule has 0 saturated carbocycles. The molecule has 0 bridgehead atoms. The number of nitrogens with zero attached hydrogens (tertiary/aromatic N) is 2. The molecule has 1 aromatic heterocycles. The van der Waals surface area contributed by atoms with Gasteiger partial charge < -0.3 is 9.62 Å². The van der Waals surface area contributed by atoms with E-state index in [1.54, 1.807) is 6.20 Å². The van der Waals surface area contributed by atoms with Crippen molar-refractivity contribution in [1.29, 1.82) is 0 Å². The van der Waals surface area contributed by atoms with E-state index in [-0.39, 0.29) is 0 Å². The molecule has 1 aromatic carbocycles. The summed E-state index contributed by atoms with van der Waals surface area (Å²) in [5.74, 6) is 0.581. The molecule has 0 aliphatic heterocycles. The van der Waals surface area contributed by atoms with Crippen molar-refractivity contribution >= 4 is 6.21 Å². The van der Waals surface area contributed by atoms with Gasteiger partial charge in [-0.1, -0.05) is 0 Å². The number of hydroxylamine groups is 1. The van der Waals surface area contributed by atoms with E-state index >= 15 is 0 Å². The van der Waals surface area contributed by atoms with Gasteiger partial charge in [-0.15, -0.1) is 0 Å². The van der Waals surface area contributed by atoms with E-state index < -0.39 is 0 Å². The van der Waals surface area contributed by atoms with Crippen LogP contribution in [0, 0.1) is 5.21 Å². The Morgan fingerprint density at radius 1 is 1.33 bits per heavy atom. The number of hydrogen-bond acceptors (Lipinski definition) is 3. The van der Waals surface area contributed by atoms with E-state index in [4.69, 9.17) is 4.42 Å². The third-order valence-electron chi connectivity index (χ3n) is 1.92. The molecule has 0 amide bonds. The predicted octanol–water partition coefficient (Wildman–Crippen LogP) is 1.90. The van der Waals surface area contributed by atoms with Gasteiger partial charge in [0.25, 0.3) is 0 Å². The Hall–Kier alpha value is -2.10. The smallest absolute Gasteiger partial charge is 0.225 e. The lowest BCUT2D eigenvalue weighted by Crippen LogP contribution is -1.96. The molecule has 1 heterocycles. The molecular formula is C11H10N2O2. The van der Waals surface area contributed by atoms with Gasteiger partial charge >= 0.3 is 0 Å². The maximum Gasteiger partial charge on any atom is 0.225 e. The monoisotopic (exact) mass is 202 g/mol. The number of aromatic nitrogens is 1. The van der Waals surface area contributed by atoms with Crippen LogP contribution < -0.4 is 0 Å². The summed E-state index contributed by atoms with van der Waals surface area (Å²) >= 11 is 0. The van der Waals surface area contributed by atoms with Gasteiger partial charge in [-0.25, -0.2) is 9.72 Å². The maximum atomic E-state index is 10.8. The minimum atomic E-state index is 0.581. The zero-order valence-electron chi connectivity index (χ0n) is 8.25. The Kier molecular flexibility index (Phi) is 2.49. The van der Waals surface area contributed by atoms with E-state index in [1.807, 2.05) is 24.3 Å². The van der Waals surface area contributed by atoms with Crippen LogP contribution in [-0.2, 0) is 0 Å². The van der Waals surface area contributed by atoms with Crippen LogP contribution in [0.15, 0.2) is 41.1 Å². The van der Waals surface area contributed by atoms with Crippen LogP contribution in [0.3, 0.4) is 0 Å². The SMILES string of the molecule is C/[N+]([O-])=C/c1ccc(-c2ncco2)cc1. The molecule has 0 aliphatic rings. The van der Waals surface area contributed by atoms with Crippen LogP contribution >= 0.6 is 0 Å². The topological polar surface area (TPSA) is 52.1 Å². The van der Waals surface area contributed by atoms with Crippen molar-refractivity contribution in [2.75, 3.05) is 7.05 Å². The highest BCUT2D eigenvalue weighted by Crippen LogP contribution is 2.16. The van der Waals surface area contributed by atoms with Gasteiger partial charge in [0.15, 0.2) is 6.21 Å². The van der Waals surface area contributed by atoms with E-state index in [9.17, 15) is 5.21 Å². The maximum absolute atomic E-state index is 10.8. The zero-order chi connectivity index (χ0) is 10.7.